The molecule has 0 spiro atoms. The first-order valence-electron chi connectivity index (χ1n) is 9.01. The van der Waals surface area contributed by atoms with Crippen LogP contribution in [-0.2, 0) is 6.54 Å². The topological polar surface area (TPSA) is 49.0 Å². The number of hydrogen-bond acceptors (Lipinski definition) is 4. The minimum Gasteiger partial charge on any atom is -0.297 e. The molecule has 1 atom stereocenters. The minimum absolute atomic E-state index is 0.0985. The number of aromatic nitrogens is 2. The fraction of sp³-hybridized carbons (Fsp3) is 0.500. The van der Waals surface area contributed by atoms with Crippen LogP contribution in [0.5, 0.6) is 0 Å². The summed E-state index contributed by atoms with van der Waals surface area (Å²) >= 11 is 1.70. The van der Waals surface area contributed by atoms with Gasteiger partial charge in [-0.2, -0.15) is 5.10 Å². The number of carbonyl (C=O) groups is 1. The van der Waals surface area contributed by atoms with Crippen molar-refractivity contribution in [3.8, 4) is 0 Å². The molecule has 1 unspecified atom stereocenters. The second-order valence-corrected chi connectivity index (χ2v) is 8.02. The molecule has 0 aliphatic carbocycles. The summed E-state index contributed by atoms with van der Waals surface area (Å²) in [7, 11) is 0. The van der Waals surface area contributed by atoms with E-state index in [9.17, 15) is 4.79 Å². The summed E-state index contributed by atoms with van der Waals surface area (Å²) in [6, 6.07) is 10.2. The van der Waals surface area contributed by atoms with Crippen molar-refractivity contribution in [2.75, 3.05) is 19.3 Å². The number of likely N-dealkylation sites (tertiary alicyclic amines) is 1. The molecule has 0 radical (unpaired) electrons. The number of Topliss-reactive ketones (excluding diaryl/α,β-unsaturated/α-hetero) is 1. The lowest BCUT2D eigenvalue weighted by Crippen LogP contribution is -2.38. The number of H-pyrrole nitrogens is 1. The lowest BCUT2D eigenvalue weighted by Gasteiger charge is -2.31. The molecule has 25 heavy (non-hydrogen) atoms. The van der Waals surface area contributed by atoms with Crippen molar-refractivity contribution in [1.29, 1.82) is 0 Å². The molecule has 1 aliphatic heterocycles. The Hall–Kier alpha value is -1.59. The van der Waals surface area contributed by atoms with Gasteiger partial charge in [0, 0.05) is 35.2 Å². The van der Waals surface area contributed by atoms with E-state index in [-0.39, 0.29) is 11.7 Å². The number of benzene rings is 1. The molecular weight excluding hydrogens is 330 g/mol. The van der Waals surface area contributed by atoms with Gasteiger partial charge in [-0.15, -0.1) is 11.8 Å². The number of aromatic amines is 1. The van der Waals surface area contributed by atoms with Crippen LogP contribution in [0.15, 0.2) is 35.2 Å². The van der Waals surface area contributed by atoms with E-state index >= 15 is 0 Å². The SMILES string of the molecule is CSc1ccc(C(=O)C2CCCN(Cc3cc(C(C)C)n[nH]3)C2)cc1. The molecule has 0 saturated carbocycles. The van der Waals surface area contributed by atoms with E-state index < -0.39 is 0 Å². The van der Waals surface area contributed by atoms with Gasteiger partial charge in [-0.25, -0.2) is 0 Å². The largest absolute Gasteiger partial charge is 0.297 e. The molecule has 5 heteroatoms. The van der Waals surface area contributed by atoms with E-state index in [2.05, 4.69) is 41.3 Å². The molecule has 1 N–H and O–H groups in total. The predicted octanol–water partition coefficient (Wildman–Crippen LogP) is 4.35. The number of piperidine rings is 1. The van der Waals surface area contributed by atoms with Crippen molar-refractivity contribution in [3.63, 3.8) is 0 Å². The molecule has 2 heterocycles. The van der Waals surface area contributed by atoms with Crippen LogP contribution < -0.4 is 0 Å². The van der Waals surface area contributed by atoms with Crippen molar-refractivity contribution in [2.24, 2.45) is 5.92 Å². The van der Waals surface area contributed by atoms with Crippen LogP contribution in [0.3, 0.4) is 0 Å². The monoisotopic (exact) mass is 357 g/mol. The first-order chi connectivity index (χ1) is 12.1. The third-order valence-corrected chi connectivity index (χ3v) is 5.63. The molecule has 1 saturated heterocycles. The highest BCUT2D eigenvalue weighted by atomic mass is 32.2. The van der Waals surface area contributed by atoms with Gasteiger partial charge in [-0.1, -0.05) is 26.0 Å². The standard InChI is InChI=1S/C20H27N3OS/c1-14(2)19-11-17(21-22-19)13-23-10-4-5-16(12-23)20(24)15-6-8-18(25-3)9-7-15/h6-9,11,14,16H,4-5,10,12-13H2,1-3H3,(H,21,22). The Morgan fingerprint density at radius 3 is 2.76 bits per heavy atom. The number of rotatable bonds is 6. The van der Waals surface area contributed by atoms with Gasteiger partial charge in [0.05, 0.1) is 5.69 Å². The van der Waals surface area contributed by atoms with E-state index in [1.807, 2.05) is 24.3 Å². The Kier molecular flexibility index (Phi) is 5.97. The van der Waals surface area contributed by atoms with Crippen LogP contribution in [0.25, 0.3) is 0 Å². The van der Waals surface area contributed by atoms with Gasteiger partial charge in [-0.05, 0) is 49.8 Å². The fourth-order valence-electron chi connectivity index (χ4n) is 3.40. The third kappa shape index (κ3) is 4.53. The van der Waals surface area contributed by atoms with E-state index in [0.717, 1.165) is 49.4 Å². The molecule has 0 amide bonds. The zero-order valence-electron chi connectivity index (χ0n) is 15.3. The normalized spacial score (nSPS) is 18.6. The maximum Gasteiger partial charge on any atom is 0.167 e. The summed E-state index contributed by atoms with van der Waals surface area (Å²) in [4.78, 5) is 16.4. The second kappa shape index (κ2) is 8.19. The molecule has 2 aromatic rings. The molecule has 3 rings (SSSR count). The second-order valence-electron chi connectivity index (χ2n) is 7.14. The van der Waals surface area contributed by atoms with Crippen molar-refractivity contribution >= 4 is 17.5 Å². The number of carbonyl (C=O) groups excluding carboxylic acids is 1. The van der Waals surface area contributed by atoms with Crippen LogP contribution >= 0.6 is 11.8 Å². The molecule has 0 bridgehead atoms. The Labute approximate surface area is 154 Å². The van der Waals surface area contributed by atoms with E-state index in [4.69, 9.17) is 0 Å². The predicted molar refractivity (Wildman–Crippen MR) is 103 cm³/mol. The third-order valence-electron chi connectivity index (χ3n) is 4.89. The van der Waals surface area contributed by atoms with Crippen LogP contribution in [0.1, 0.15) is 54.4 Å². The smallest absolute Gasteiger partial charge is 0.167 e. The van der Waals surface area contributed by atoms with Crippen molar-refractivity contribution in [3.05, 3.63) is 47.3 Å². The first kappa shape index (κ1) is 18.2. The summed E-state index contributed by atoms with van der Waals surface area (Å²) < 4.78 is 0. The zero-order valence-corrected chi connectivity index (χ0v) is 16.1. The number of nitrogens with one attached hydrogen (secondary N) is 1. The summed E-state index contributed by atoms with van der Waals surface area (Å²) in [6.45, 7) is 7.02. The van der Waals surface area contributed by atoms with Gasteiger partial charge >= 0.3 is 0 Å². The van der Waals surface area contributed by atoms with Crippen LogP contribution in [0, 0.1) is 5.92 Å². The highest BCUT2D eigenvalue weighted by Crippen LogP contribution is 2.24. The van der Waals surface area contributed by atoms with Gasteiger partial charge < -0.3 is 0 Å². The number of thioether (sulfide) groups is 1. The summed E-state index contributed by atoms with van der Waals surface area (Å²) in [5.74, 6) is 0.816. The lowest BCUT2D eigenvalue weighted by molar-refractivity contribution is 0.0810. The first-order valence-corrected chi connectivity index (χ1v) is 10.2. The van der Waals surface area contributed by atoms with Crippen LogP contribution in [0.4, 0.5) is 0 Å². The Balaban J connectivity index is 1.62. The fourth-order valence-corrected chi connectivity index (χ4v) is 3.81. The van der Waals surface area contributed by atoms with Crippen molar-refractivity contribution < 1.29 is 4.79 Å². The number of hydrogen-bond donors (Lipinski definition) is 1. The summed E-state index contributed by atoms with van der Waals surface area (Å²) in [6.07, 6.45) is 4.11. The maximum absolute atomic E-state index is 12.8. The Bertz CT molecular complexity index is 708. The maximum atomic E-state index is 12.8. The van der Waals surface area contributed by atoms with Gasteiger partial charge in [0.15, 0.2) is 5.78 Å². The zero-order chi connectivity index (χ0) is 17.8. The van der Waals surface area contributed by atoms with Gasteiger partial charge in [0.25, 0.3) is 0 Å². The Morgan fingerprint density at radius 1 is 1.36 bits per heavy atom. The average molecular weight is 358 g/mol. The van der Waals surface area contributed by atoms with E-state index in [0.29, 0.717) is 5.92 Å². The Morgan fingerprint density at radius 2 is 2.12 bits per heavy atom. The van der Waals surface area contributed by atoms with Crippen LogP contribution in [-0.4, -0.2) is 40.2 Å². The molecule has 1 fully saturated rings. The quantitative estimate of drug-likeness (QED) is 0.617. The lowest BCUT2D eigenvalue weighted by atomic mass is 9.90. The summed E-state index contributed by atoms with van der Waals surface area (Å²) in [5.41, 5.74) is 3.09. The molecule has 134 valence electrons. The van der Waals surface area contributed by atoms with Gasteiger partial charge in [0.1, 0.15) is 0 Å². The van der Waals surface area contributed by atoms with Gasteiger partial charge in [0.2, 0.25) is 0 Å². The number of nitrogens with zero attached hydrogens (tertiary/aromatic N) is 2. The molecule has 1 aromatic carbocycles. The highest BCUT2D eigenvalue weighted by Gasteiger charge is 2.27. The molecule has 1 aliphatic rings. The number of ketones is 1. The van der Waals surface area contributed by atoms with Crippen molar-refractivity contribution in [2.45, 2.75) is 44.0 Å². The summed E-state index contributed by atoms with van der Waals surface area (Å²) in [5, 5.41) is 7.52. The minimum atomic E-state index is 0.0985. The van der Waals surface area contributed by atoms with Gasteiger partial charge in [-0.3, -0.25) is 14.8 Å². The van der Waals surface area contributed by atoms with E-state index in [1.54, 1.807) is 11.8 Å². The highest BCUT2D eigenvalue weighted by molar-refractivity contribution is 7.98. The molecule has 1 aromatic heterocycles. The molecule has 4 nitrogen and oxygen atoms in total. The van der Waals surface area contributed by atoms with E-state index in [1.165, 1.54) is 4.90 Å². The average Bonchev–Trinajstić information content (AvgIpc) is 3.10. The van der Waals surface area contributed by atoms with Crippen LogP contribution in [0.2, 0.25) is 0 Å². The molecular formula is C20H27N3OS. The van der Waals surface area contributed by atoms with Crippen molar-refractivity contribution in [1.82, 2.24) is 15.1 Å².